The SMILES string of the molecule is COc1cc(-c2c(C)cccc2C)cc([C@H](CC(=O)O)N(Cc2ccccc2)[C@H](C)c2ccccc2)c1. The number of ether oxygens (including phenoxy) is 1. The number of hydrogen-bond donors (Lipinski definition) is 1. The first-order valence-corrected chi connectivity index (χ1v) is 12.7. The van der Waals surface area contributed by atoms with Crippen molar-refractivity contribution in [2.45, 2.75) is 45.8 Å². The molecule has 0 amide bonds. The van der Waals surface area contributed by atoms with Gasteiger partial charge in [-0.3, -0.25) is 9.69 Å². The summed E-state index contributed by atoms with van der Waals surface area (Å²) in [6.07, 6.45) is -0.0244. The van der Waals surface area contributed by atoms with Gasteiger partial charge in [0.2, 0.25) is 0 Å². The molecule has 0 aromatic heterocycles. The van der Waals surface area contributed by atoms with Crippen LogP contribution < -0.4 is 4.74 Å². The fraction of sp³-hybridized carbons (Fsp3) is 0.242. The Hall–Kier alpha value is -3.89. The molecule has 1 N–H and O–H groups in total. The van der Waals surface area contributed by atoms with Crippen molar-refractivity contribution in [1.82, 2.24) is 4.90 Å². The number of carbonyl (C=O) groups is 1. The molecule has 0 bridgehead atoms. The third kappa shape index (κ3) is 6.28. The highest BCUT2D eigenvalue weighted by molar-refractivity contribution is 5.73. The smallest absolute Gasteiger partial charge is 0.305 e. The largest absolute Gasteiger partial charge is 0.497 e. The minimum atomic E-state index is -0.834. The van der Waals surface area contributed by atoms with Crippen LogP contribution >= 0.6 is 0 Å². The highest BCUT2D eigenvalue weighted by Crippen LogP contribution is 2.39. The van der Waals surface area contributed by atoms with Crippen molar-refractivity contribution >= 4 is 5.97 Å². The van der Waals surface area contributed by atoms with E-state index in [0.717, 1.165) is 33.6 Å². The number of benzene rings is 4. The van der Waals surface area contributed by atoms with Gasteiger partial charge in [0, 0.05) is 18.6 Å². The maximum Gasteiger partial charge on any atom is 0.305 e. The van der Waals surface area contributed by atoms with E-state index in [2.05, 4.69) is 74.2 Å². The van der Waals surface area contributed by atoms with Gasteiger partial charge >= 0.3 is 5.97 Å². The lowest BCUT2D eigenvalue weighted by Crippen LogP contribution is -2.32. The Kier molecular flexibility index (Phi) is 8.42. The van der Waals surface area contributed by atoms with Crippen LogP contribution in [0.25, 0.3) is 11.1 Å². The molecule has 0 saturated carbocycles. The summed E-state index contributed by atoms with van der Waals surface area (Å²) >= 11 is 0. The monoisotopic (exact) mass is 493 g/mol. The second kappa shape index (κ2) is 11.9. The molecule has 0 aliphatic rings. The minimum Gasteiger partial charge on any atom is -0.497 e. The quantitative estimate of drug-likeness (QED) is 0.245. The van der Waals surface area contributed by atoms with Crippen LogP contribution in [-0.4, -0.2) is 23.1 Å². The zero-order chi connectivity index (χ0) is 26.4. The topological polar surface area (TPSA) is 49.8 Å². The third-order valence-corrected chi connectivity index (χ3v) is 7.07. The maximum absolute atomic E-state index is 12.3. The molecular weight excluding hydrogens is 458 g/mol. The predicted octanol–water partition coefficient (Wildman–Crippen LogP) is 7.76. The van der Waals surface area contributed by atoms with E-state index in [9.17, 15) is 9.90 Å². The summed E-state index contributed by atoms with van der Waals surface area (Å²) in [4.78, 5) is 14.6. The second-order valence-electron chi connectivity index (χ2n) is 9.62. The first kappa shape index (κ1) is 26.2. The van der Waals surface area contributed by atoms with E-state index in [1.165, 1.54) is 11.1 Å². The molecule has 0 saturated heterocycles. The highest BCUT2D eigenvalue weighted by Gasteiger charge is 2.29. The molecule has 0 aliphatic heterocycles. The zero-order valence-electron chi connectivity index (χ0n) is 22.0. The van der Waals surface area contributed by atoms with Gasteiger partial charge in [-0.25, -0.2) is 0 Å². The minimum absolute atomic E-state index is 0.0133. The van der Waals surface area contributed by atoms with Crippen molar-refractivity contribution in [2.75, 3.05) is 7.11 Å². The number of carboxylic acid groups (broad SMARTS) is 1. The van der Waals surface area contributed by atoms with Crippen LogP contribution in [0.5, 0.6) is 5.75 Å². The Labute approximate surface area is 220 Å². The fourth-order valence-electron chi connectivity index (χ4n) is 5.17. The summed E-state index contributed by atoms with van der Waals surface area (Å²) in [7, 11) is 1.66. The van der Waals surface area contributed by atoms with Crippen molar-refractivity contribution in [3.8, 4) is 16.9 Å². The Morgan fingerprint density at radius 3 is 2.05 bits per heavy atom. The summed E-state index contributed by atoms with van der Waals surface area (Å²) in [5.41, 5.74) is 7.75. The average molecular weight is 494 g/mol. The molecule has 4 rings (SSSR count). The molecule has 0 fully saturated rings. The van der Waals surface area contributed by atoms with Crippen LogP contribution in [-0.2, 0) is 11.3 Å². The van der Waals surface area contributed by atoms with Gasteiger partial charge in [0.15, 0.2) is 0 Å². The molecular formula is C33H35NO3. The molecule has 4 aromatic carbocycles. The van der Waals surface area contributed by atoms with Gasteiger partial charge in [0.05, 0.1) is 13.5 Å². The molecule has 2 atom stereocenters. The summed E-state index contributed by atoms with van der Waals surface area (Å²) in [5.74, 6) is -0.114. The van der Waals surface area contributed by atoms with Crippen LogP contribution in [0.1, 0.15) is 53.2 Å². The first-order chi connectivity index (χ1) is 17.9. The molecule has 37 heavy (non-hydrogen) atoms. The van der Waals surface area contributed by atoms with Crippen molar-refractivity contribution in [3.05, 3.63) is 125 Å². The van der Waals surface area contributed by atoms with E-state index < -0.39 is 5.97 Å². The van der Waals surface area contributed by atoms with E-state index in [-0.39, 0.29) is 18.5 Å². The van der Waals surface area contributed by atoms with Gasteiger partial charge < -0.3 is 9.84 Å². The number of carboxylic acids is 1. The molecule has 0 spiro atoms. The summed E-state index contributed by atoms with van der Waals surface area (Å²) in [6.45, 7) is 6.98. The lowest BCUT2D eigenvalue weighted by molar-refractivity contribution is -0.138. The highest BCUT2D eigenvalue weighted by atomic mass is 16.5. The molecule has 0 unspecified atom stereocenters. The van der Waals surface area contributed by atoms with Gasteiger partial charge in [-0.2, -0.15) is 0 Å². The average Bonchev–Trinajstić information content (AvgIpc) is 2.91. The van der Waals surface area contributed by atoms with Gasteiger partial charge in [-0.1, -0.05) is 78.9 Å². The van der Waals surface area contributed by atoms with Crippen molar-refractivity contribution in [2.24, 2.45) is 0 Å². The summed E-state index contributed by atoms with van der Waals surface area (Å²) < 4.78 is 5.73. The molecule has 4 nitrogen and oxygen atoms in total. The first-order valence-electron chi connectivity index (χ1n) is 12.7. The van der Waals surface area contributed by atoms with Crippen LogP contribution in [0, 0.1) is 13.8 Å². The van der Waals surface area contributed by atoms with E-state index in [0.29, 0.717) is 6.54 Å². The molecule has 4 heteroatoms. The Morgan fingerprint density at radius 2 is 1.46 bits per heavy atom. The van der Waals surface area contributed by atoms with Crippen molar-refractivity contribution < 1.29 is 14.6 Å². The summed E-state index contributed by atoms with van der Waals surface area (Å²) in [6, 6.07) is 32.6. The Balaban J connectivity index is 1.88. The molecule has 0 heterocycles. The molecule has 4 aromatic rings. The van der Waals surface area contributed by atoms with Crippen LogP contribution in [0.15, 0.2) is 97.1 Å². The summed E-state index contributed by atoms with van der Waals surface area (Å²) in [5, 5.41) is 10.1. The standard InChI is InChI=1S/C33H35NO3/c1-23-12-11-13-24(2)33(23)29-18-28(19-30(20-29)37-4)31(21-32(35)36)34(22-26-14-7-5-8-15-26)25(3)27-16-9-6-10-17-27/h5-20,25,31H,21-22H2,1-4H3,(H,35,36)/t25-,31+/m1/s1. The lowest BCUT2D eigenvalue weighted by Gasteiger charge is -2.37. The van der Waals surface area contributed by atoms with Crippen LogP contribution in [0.4, 0.5) is 0 Å². The number of aryl methyl sites for hydroxylation is 2. The van der Waals surface area contributed by atoms with Gasteiger partial charge in [-0.05, 0) is 77.9 Å². The number of rotatable bonds is 10. The predicted molar refractivity (Wildman–Crippen MR) is 150 cm³/mol. The number of nitrogens with zero attached hydrogens (tertiary/aromatic N) is 1. The van der Waals surface area contributed by atoms with Gasteiger partial charge in [-0.15, -0.1) is 0 Å². The van der Waals surface area contributed by atoms with Crippen molar-refractivity contribution in [3.63, 3.8) is 0 Å². The Morgan fingerprint density at radius 1 is 0.838 bits per heavy atom. The lowest BCUT2D eigenvalue weighted by atomic mass is 9.91. The van der Waals surface area contributed by atoms with Crippen molar-refractivity contribution in [1.29, 1.82) is 0 Å². The fourth-order valence-corrected chi connectivity index (χ4v) is 5.17. The normalized spacial score (nSPS) is 12.8. The maximum atomic E-state index is 12.3. The van der Waals surface area contributed by atoms with Gasteiger partial charge in [0.1, 0.15) is 5.75 Å². The van der Waals surface area contributed by atoms with E-state index in [4.69, 9.17) is 4.74 Å². The second-order valence-corrected chi connectivity index (χ2v) is 9.62. The molecule has 0 aliphatic carbocycles. The number of aliphatic carboxylic acids is 1. The van der Waals surface area contributed by atoms with Gasteiger partial charge in [0.25, 0.3) is 0 Å². The van der Waals surface area contributed by atoms with E-state index in [1.807, 2.05) is 48.5 Å². The number of methoxy groups -OCH3 is 1. The van der Waals surface area contributed by atoms with Crippen LogP contribution in [0.2, 0.25) is 0 Å². The number of hydrogen-bond acceptors (Lipinski definition) is 3. The van der Waals surface area contributed by atoms with Crippen LogP contribution in [0.3, 0.4) is 0 Å². The Bertz CT molecular complexity index is 1310. The third-order valence-electron chi connectivity index (χ3n) is 7.07. The molecule has 0 radical (unpaired) electrons. The molecule has 190 valence electrons. The van der Waals surface area contributed by atoms with E-state index >= 15 is 0 Å². The zero-order valence-corrected chi connectivity index (χ0v) is 22.0. The van der Waals surface area contributed by atoms with E-state index in [1.54, 1.807) is 7.11 Å².